The molecule has 0 radical (unpaired) electrons. The van der Waals surface area contributed by atoms with Gasteiger partial charge in [-0.3, -0.25) is 19.3 Å². The van der Waals surface area contributed by atoms with Crippen LogP contribution in [0, 0.1) is 18.8 Å². The molecule has 2 fully saturated rings. The predicted octanol–water partition coefficient (Wildman–Crippen LogP) is 3.14. The second-order valence-corrected chi connectivity index (χ2v) is 9.74. The first-order valence-electron chi connectivity index (χ1n) is 12.5. The Hall–Kier alpha value is -2.41. The van der Waals surface area contributed by atoms with Gasteiger partial charge >= 0.3 is 0 Å². The second kappa shape index (κ2) is 12.2. The van der Waals surface area contributed by atoms with Crippen molar-refractivity contribution in [3.8, 4) is 0 Å². The number of benzene rings is 1. The average Bonchev–Trinajstić information content (AvgIpc) is 2.81. The number of para-hydroxylation sites is 1. The van der Waals surface area contributed by atoms with Crippen LogP contribution in [0.15, 0.2) is 24.3 Å². The molecule has 7 nitrogen and oxygen atoms in total. The van der Waals surface area contributed by atoms with Crippen molar-refractivity contribution in [3.63, 3.8) is 0 Å². The minimum absolute atomic E-state index is 0.0217. The molecule has 0 atom stereocenters. The number of carbonyl (C=O) groups is 3. The smallest absolute Gasteiger partial charge is 0.244 e. The van der Waals surface area contributed by atoms with E-state index >= 15 is 0 Å². The molecule has 0 saturated carbocycles. The first-order chi connectivity index (χ1) is 15.9. The lowest BCUT2D eigenvalue weighted by molar-refractivity contribution is -0.139. The number of nitrogens with one attached hydrogen (secondary N) is 1. The van der Waals surface area contributed by atoms with E-state index in [4.69, 9.17) is 0 Å². The molecule has 3 rings (SSSR count). The van der Waals surface area contributed by atoms with Crippen molar-refractivity contribution in [1.82, 2.24) is 14.7 Å². The summed E-state index contributed by atoms with van der Waals surface area (Å²) in [6.07, 6.45) is 4.61. The van der Waals surface area contributed by atoms with E-state index in [9.17, 15) is 14.4 Å². The number of hydrogen-bond acceptors (Lipinski definition) is 4. The number of amides is 3. The monoisotopic (exact) mass is 456 g/mol. The molecular weight excluding hydrogens is 416 g/mol. The second-order valence-electron chi connectivity index (χ2n) is 9.74. The number of likely N-dealkylation sites (tertiary alicyclic amines) is 2. The number of carbonyl (C=O) groups excluding carboxylic acids is 3. The van der Waals surface area contributed by atoms with Crippen LogP contribution in [0.5, 0.6) is 0 Å². The Morgan fingerprint density at radius 2 is 1.70 bits per heavy atom. The van der Waals surface area contributed by atoms with Crippen LogP contribution >= 0.6 is 0 Å². The minimum Gasteiger partial charge on any atom is -0.342 e. The highest BCUT2D eigenvalue weighted by Gasteiger charge is 2.31. The fourth-order valence-corrected chi connectivity index (χ4v) is 4.75. The SMILES string of the molecule is CCCN(CC(=O)Nc1ccccc1C)C(=O)CN1CCC(C(=O)N2CCC(C)CC2)CC1. The molecule has 1 aromatic rings. The van der Waals surface area contributed by atoms with Crippen LogP contribution in [0.3, 0.4) is 0 Å². The van der Waals surface area contributed by atoms with Gasteiger partial charge in [-0.25, -0.2) is 0 Å². The van der Waals surface area contributed by atoms with E-state index in [1.807, 2.05) is 43.0 Å². The fraction of sp³-hybridized carbons (Fsp3) is 0.654. The highest BCUT2D eigenvalue weighted by molar-refractivity contribution is 5.95. The van der Waals surface area contributed by atoms with E-state index < -0.39 is 0 Å². The van der Waals surface area contributed by atoms with Gasteiger partial charge in [0.05, 0.1) is 13.1 Å². The third-order valence-corrected chi connectivity index (χ3v) is 6.99. The number of piperidine rings is 2. The molecule has 33 heavy (non-hydrogen) atoms. The van der Waals surface area contributed by atoms with Gasteiger partial charge in [-0.1, -0.05) is 32.0 Å². The van der Waals surface area contributed by atoms with Crippen LogP contribution in [0.1, 0.15) is 51.5 Å². The van der Waals surface area contributed by atoms with Crippen molar-refractivity contribution in [2.75, 3.05) is 51.1 Å². The van der Waals surface area contributed by atoms with Crippen molar-refractivity contribution in [2.45, 2.75) is 52.9 Å². The topological polar surface area (TPSA) is 73.0 Å². The quantitative estimate of drug-likeness (QED) is 0.652. The largest absolute Gasteiger partial charge is 0.342 e. The van der Waals surface area contributed by atoms with Gasteiger partial charge in [-0.2, -0.15) is 0 Å². The first-order valence-corrected chi connectivity index (χ1v) is 12.5. The van der Waals surface area contributed by atoms with Gasteiger partial charge in [0.1, 0.15) is 0 Å². The zero-order valence-corrected chi connectivity index (χ0v) is 20.5. The summed E-state index contributed by atoms with van der Waals surface area (Å²) < 4.78 is 0. The molecule has 2 saturated heterocycles. The van der Waals surface area contributed by atoms with Gasteiger partial charge < -0.3 is 15.1 Å². The molecule has 0 unspecified atom stereocenters. The van der Waals surface area contributed by atoms with Crippen molar-refractivity contribution in [2.24, 2.45) is 11.8 Å². The molecule has 0 aliphatic carbocycles. The highest BCUT2D eigenvalue weighted by Crippen LogP contribution is 2.23. The molecule has 2 aliphatic heterocycles. The van der Waals surface area contributed by atoms with Crippen molar-refractivity contribution in [1.29, 1.82) is 0 Å². The van der Waals surface area contributed by atoms with Crippen LogP contribution < -0.4 is 5.32 Å². The van der Waals surface area contributed by atoms with E-state index in [0.717, 1.165) is 69.5 Å². The highest BCUT2D eigenvalue weighted by atomic mass is 16.2. The third kappa shape index (κ3) is 7.29. The Morgan fingerprint density at radius 1 is 1.03 bits per heavy atom. The van der Waals surface area contributed by atoms with Gasteiger partial charge in [0.15, 0.2) is 0 Å². The molecular formula is C26H40N4O3. The maximum Gasteiger partial charge on any atom is 0.244 e. The van der Waals surface area contributed by atoms with E-state index in [0.29, 0.717) is 24.9 Å². The third-order valence-electron chi connectivity index (χ3n) is 6.99. The first kappa shape index (κ1) is 25.2. The lowest BCUT2D eigenvalue weighted by Gasteiger charge is -2.37. The summed E-state index contributed by atoms with van der Waals surface area (Å²) in [5.74, 6) is 0.898. The number of hydrogen-bond donors (Lipinski definition) is 1. The molecule has 7 heteroatoms. The summed E-state index contributed by atoms with van der Waals surface area (Å²) in [5.41, 5.74) is 1.78. The normalized spacial score (nSPS) is 18.2. The van der Waals surface area contributed by atoms with Gasteiger partial charge in [-0.15, -0.1) is 0 Å². The summed E-state index contributed by atoms with van der Waals surface area (Å²) in [5, 5.41) is 2.92. The summed E-state index contributed by atoms with van der Waals surface area (Å²) in [6, 6.07) is 7.64. The van der Waals surface area contributed by atoms with Crippen LogP contribution in [-0.4, -0.2) is 78.2 Å². The molecule has 182 valence electrons. The molecule has 0 bridgehead atoms. The molecule has 0 spiro atoms. The van der Waals surface area contributed by atoms with Gasteiger partial charge in [0, 0.05) is 31.2 Å². The molecule has 0 aromatic heterocycles. The number of aryl methyl sites for hydroxylation is 1. The average molecular weight is 457 g/mol. The number of anilines is 1. The maximum atomic E-state index is 13.0. The Labute approximate surface area is 198 Å². The zero-order valence-electron chi connectivity index (χ0n) is 20.5. The number of rotatable bonds is 8. The van der Waals surface area contributed by atoms with Crippen LogP contribution in [0.2, 0.25) is 0 Å². The summed E-state index contributed by atoms with van der Waals surface area (Å²) >= 11 is 0. The van der Waals surface area contributed by atoms with E-state index in [1.165, 1.54) is 0 Å². The Bertz CT molecular complexity index is 812. The van der Waals surface area contributed by atoms with E-state index in [2.05, 4.69) is 17.1 Å². The number of nitrogens with zero attached hydrogens (tertiary/aromatic N) is 3. The Morgan fingerprint density at radius 3 is 2.33 bits per heavy atom. The van der Waals surface area contributed by atoms with Crippen LogP contribution in [-0.2, 0) is 14.4 Å². The maximum absolute atomic E-state index is 13.0. The molecule has 2 aliphatic rings. The fourth-order valence-electron chi connectivity index (χ4n) is 4.75. The Balaban J connectivity index is 1.46. The summed E-state index contributed by atoms with van der Waals surface area (Å²) in [6.45, 7) is 10.4. The summed E-state index contributed by atoms with van der Waals surface area (Å²) in [7, 11) is 0. The lowest BCUT2D eigenvalue weighted by Crippen LogP contribution is -2.48. The zero-order chi connectivity index (χ0) is 23.8. The lowest BCUT2D eigenvalue weighted by atomic mass is 9.92. The van der Waals surface area contributed by atoms with Crippen molar-refractivity contribution < 1.29 is 14.4 Å². The molecule has 3 amide bonds. The van der Waals surface area contributed by atoms with Crippen LogP contribution in [0.25, 0.3) is 0 Å². The summed E-state index contributed by atoms with van der Waals surface area (Å²) in [4.78, 5) is 44.2. The van der Waals surface area contributed by atoms with E-state index in [-0.39, 0.29) is 24.3 Å². The van der Waals surface area contributed by atoms with Crippen molar-refractivity contribution in [3.05, 3.63) is 29.8 Å². The van der Waals surface area contributed by atoms with E-state index in [1.54, 1.807) is 4.90 Å². The Kier molecular flexibility index (Phi) is 9.30. The standard InChI is InChI=1S/C26H40N4O3/c1-4-13-30(18-24(31)27-23-8-6-5-7-21(23)3)25(32)19-28-14-11-22(12-15-28)26(33)29-16-9-20(2)10-17-29/h5-8,20,22H,4,9-19H2,1-3H3,(H,27,31). The van der Waals surface area contributed by atoms with Crippen LogP contribution in [0.4, 0.5) is 5.69 Å². The minimum atomic E-state index is -0.175. The van der Waals surface area contributed by atoms with Crippen molar-refractivity contribution >= 4 is 23.4 Å². The van der Waals surface area contributed by atoms with Gasteiger partial charge in [0.2, 0.25) is 17.7 Å². The van der Waals surface area contributed by atoms with Gasteiger partial charge in [-0.05, 0) is 69.7 Å². The van der Waals surface area contributed by atoms with Gasteiger partial charge in [0.25, 0.3) is 0 Å². The molecule has 2 heterocycles. The predicted molar refractivity (Wildman–Crippen MR) is 131 cm³/mol. The molecule has 1 aromatic carbocycles. The molecule has 1 N–H and O–H groups in total.